The quantitative estimate of drug-likeness (QED) is 0.729. The first-order valence-corrected chi connectivity index (χ1v) is 9.50. The highest BCUT2D eigenvalue weighted by atomic mass is 79.9. The van der Waals surface area contributed by atoms with Crippen LogP contribution in [0.3, 0.4) is 0 Å². The molecule has 0 radical (unpaired) electrons. The highest BCUT2D eigenvalue weighted by molar-refractivity contribution is 9.10. The number of halogens is 1. The number of hydrogen-bond donors (Lipinski definition) is 1. The highest BCUT2D eigenvalue weighted by Gasteiger charge is 2.34. The smallest absolute Gasteiger partial charge is 0.293 e. The van der Waals surface area contributed by atoms with Gasteiger partial charge in [0.1, 0.15) is 0 Å². The second kappa shape index (κ2) is 8.33. The summed E-state index contributed by atoms with van der Waals surface area (Å²) in [6, 6.07) is 16.4. The minimum absolute atomic E-state index is 0.135. The van der Waals surface area contributed by atoms with Gasteiger partial charge in [0.15, 0.2) is 0 Å². The summed E-state index contributed by atoms with van der Waals surface area (Å²) < 4.78 is 0.808. The molecule has 0 saturated carbocycles. The molecule has 0 unspecified atom stereocenters. The molecule has 3 rings (SSSR count). The van der Waals surface area contributed by atoms with E-state index in [-0.39, 0.29) is 30.1 Å². The number of hydrogen-bond acceptors (Lipinski definition) is 4. The molecule has 2 aromatic carbocycles. The van der Waals surface area contributed by atoms with E-state index >= 15 is 0 Å². The van der Waals surface area contributed by atoms with E-state index in [1.807, 2.05) is 36.4 Å². The summed E-state index contributed by atoms with van der Waals surface area (Å²) in [4.78, 5) is 38.1. The van der Waals surface area contributed by atoms with Crippen molar-refractivity contribution in [2.75, 3.05) is 13.1 Å². The van der Waals surface area contributed by atoms with E-state index in [4.69, 9.17) is 0 Å². The summed E-state index contributed by atoms with van der Waals surface area (Å²) in [6.07, 6.45) is 1.70. The first-order valence-electron chi connectivity index (χ1n) is 7.89. The molecule has 1 N–H and O–H groups in total. The van der Waals surface area contributed by atoms with E-state index in [0.717, 1.165) is 26.7 Å². The molecule has 1 heterocycles. The Bertz CT molecular complexity index is 883. The Hall–Kier alpha value is -2.38. The Balaban J connectivity index is 1.58. The number of benzene rings is 2. The molecule has 2 aromatic rings. The second-order valence-corrected chi connectivity index (χ2v) is 7.42. The molecule has 0 aromatic heterocycles. The normalized spacial score (nSPS) is 15.6. The van der Waals surface area contributed by atoms with Crippen LogP contribution in [0.5, 0.6) is 0 Å². The predicted molar refractivity (Wildman–Crippen MR) is 106 cm³/mol. The summed E-state index contributed by atoms with van der Waals surface area (Å²) >= 11 is 4.23. The lowest BCUT2D eigenvalue weighted by molar-refractivity contribution is -0.122. The van der Waals surface area contributed by atoms with Crippen molar-refractivity contribution in [3.63, 3.8) is 0 Å². The van der Waals surface area contributed by atoms with Gasteiger partial charge in [-0.3, -0.25) is 19.3 Å². The molecule has 5 nitrogen and oxygen atoms in total. The second-order valence-electron chi connectivity index (χ2n) is 5.51. The number of imide groups is 1. The molecule has 132 valence electrons. The zero-order chi connectivity index (χ0) is 18.5. The minimum Gasteiger partial charge on any atom is -0.350 e. The van der Waals surface area contributed by atoms with Crippen molar-refractivity contribution in [2.45, 2.75) is 0 Å². The molecule has 1 aliphatic rings. The van der Waals surface area contributed by atoms with Crippen LogP contribution in [0, 0.1) is 0 Å². The molecular formula is C19H15BrN2O3S. The molecule has 0 atom stereocenters. The Morgan fingerprint density at radius 3 is 2.62 bits per heavy atom. The van der Waals surface area contributed by atoms with Crippen molar-refractivity contribution in [3.05, 3.63) is 75.1 Å². The van der Waals surface area contributed by atoms with Gasteiger partial charge in [-0.05, 0) is 41.6 Å². The van der Waals surface area contributed by atoms with Crippen LogP contribution < -0.4 is 5.32 Å². The summed E-state index contributed by atoms with van der Waals surface area (Å²) in [5.41, 5.74) is 1.37. The third-order valence-corrected chi connectivity index (χ3v) is 5.08. The minimum atomic E-state index is -0.333. The molecule has 26 heavy (non-hydrogen) atoms. The van der Waals surface area contributed by atoms with Crippen molar-refractivity contribution < 1.29 is 14.4 Å². The number of amides is 3. The largest absolute Gasteiger partial charge is 0.350 e. The van der Waals surface area contributed by atoms with E-state index in [9.17, 15) is 14.4 Å². The maximum Gasteiger partial charge on any atom is 0.293 e. The number of thioether (sulfide) groups is 1. The van der Waals surface area contributed by atoms with Crippen molar-refractivity contribution in [2.24, 2.45) is 0 Å². The Morgan fingerprint density at radius 2 is 1.88 bits per heavy atom. The third kappa shape index (κ3) is 4.42. The maximum atomic E-state index is 12.4. The number of carbonyl (C=O) groups excluding carboxylic acids is 3. The van der Waals surface area contributed by atoms with E-state index in [1.165, 1.54) is 0 Å². The lowest BCUT2D eigenvalue weighted by atomic mass is 10.2. The summed E-state index contributed by atoms with van der Waals surface area (Å²) in [6.45, 7) is 0.332. The van der Waals surface area contributed by atoms with Gasteiger partial charge in [0.2, 0.25) is 0 Å². The van der Waals surface area contributed by atoms with Gasteiger partial charge in [0.05, 0.1) is 4.91 Å². The van der Waals surface area contributed by atoms with Gasteiger partial charge in [-0.15, -0.1) is 0 Å². The van der Waals surface area contributed by atoms with E-state index in [2.05, 4.69) is 21.2 Å². The van der Waals surface area contributed by atoms with Crippen molar-refractivity contribution in [3.8, 4) is 0 Å². The van der Waals surface area contributed by atoms with Crippen LogP contribution in [0.4, 0.5) is 4.79 Å². The van der Waals surface area contributed by atoms with Gasteiger partial charge in [0.25, 0.3) is 17.1 Å². The molecule has 7 heteroatoms. The van der Waals surface area contributed by atoms with E-state index in [1.54, 1.807) is 24.3 Å². The van der Waals surface area contributed by atoms with Crippen LogP contribution in [0.1, 0.15) is 15.9 Å². The zero-order valence-corrected chi connectivity index (χ0v) is 16.0. The van der Waals surface area contributed by atoms with Crippen LogP contribution in [-0.2, 0) is 4.79 Å². The molecule has 1 aliphatic heterocycles. The van der Waals surface area contributed by atoms with Crippen LogP contribution in [0.15, 0.2) is 64.0 Å². The molecule has 0 bridgehead atoms. The van der Waals surface area contributed by atoms with Crippen molar-refractivity contribution in [1.29, 1.82) is 0 Å². The fourth-order valence-corrected chi connectivity index (χ4v) is 3.67. The maximum absolute atomic E-state index is 12.4. The first kappa shape index (κ1) is 18.4. The molecular weight excluding hydrogens is 416 g/mol. The Kier molecular flexibility index (Phi) is 5.90. The SMILES string of the molecule is O=C(NCCN1C(=O)S/C(=C\c2ccccc2)C1=O)c1cccc(Br)c1. The third-order valence-electron chi connectivity index (χ3n) is 3.68. The van der Waals surface area contributed by atoms with Gasteiger partial charge in [0, 0.05) is 23.1 Å². The van der Waals surface area contributed by atoms with Crippen LogP contribution in [0.2, 0.25) is 0 Å². The summed E-state index contributed by atoms with van der Waals surface area (Å²) in [7, 11) is 0. The van der Waals surface area contributed by atoms with Gasteiger partial charge >= 0.3 is 0 Å². The van der Waals surface area contributed by atoms with E-state index < -0.39 is 0 Å². The fraction of sp³-hybridized carbons (Fsp3) is 0.105. The number of nitrogens with one attached hydrogen (secondary N) is 1. The predicted octanol–water partition coefficient (Wildman–Crippen LogP) is 3.92. The summed E-state index contributed by atoms with van der Waals surface area (Å²) in [5.74, 6) is -0.585. The topological polar surface area (TPSA) is 66.5 Å². The standard InChI is InChI=1S/C19H15BrN2O3S/c20-15-8-4-7-14(12-15)17(23)21-9-10-22-18(24)16(26-19(22)25)11-13-5-2-1-3-6-13/h1-8,11-12H,9-10H2,(H,21,23)/b16-11-. The fourth-order valence-electron chi connectivity index (χ4n) is 2.41. The summed E-state index contributed by atoms with van der Waals surface area (Å²) in [5, 5.41) is 2.40. The Morgan fingerprint density at radius 1 is 1.12 bits per heavy atom. The molecule has 0 spiro atoms. The van der Waals surface area contributed by atoms with Gasteiger partial charge in [-0.2, -0.15) is 0 Å². The van der Waals surface area contributed by atoms with E-state index in [0.29, 0.717) is 10.5 Å². The highest BCUT2D eigenvalue weighted by Crippen LogP contribution is 2.31. The number of nitrogens with zero attached hydrogens (tertiary/aromatic N) is 1. The molecule has 1 fully saturated rings. The van der Waals surface area contributed by atoms with Gasteiger partial charge in [-0.25, -0.2) is 0 Å². The van der Waals surface area contributed by atoms with Crippen LogP contribution in [0.25, 0.3) is 6.08 Å². The average molecular weight is 431 g/mol. The van der Waals surface area contributed by atoms with Crippen LogP contribution >= 0.6 is 27.7 Å². The van der Waals surface area contributed by atoms with Gasteiger partial charge < -0.3 is 5.32 Å². The number of carbonyl (C=O) groups is 3. The average Bonchev–Trinajstić information content (AvgIpc) is 2.90. The number of rotatable bonds is 5. The van der Waals surface area contributed by atoms with Crippen molar-refractivity contribution >= 4 is 50.8 Å². The van der Waals surface area contributed by atoms with Gasteiger partial charge in [-0.1, -0.05) is 52.3 Å². The lowest BCUT2D eigenvalue weighted by Gasteiger charge is -2.13. The van der Waals surface area contributed by atoms with Crippen LogP contribution in [-0.4, -0.2) is 35.0 Å². The zero-order valence-electron chi connectivity index (χ0n) is 13.6. The monoisotopic (exact) mass is 430 g/mol. The molecule has 0 aliphatic carbocycles. The van der Waals surface area contributed by atoms with Crippen molar-refractivity contribution in [1.82, 2.24) is 10.2 Å². The molecule has 1 saturated heterocycles. The molecule has 3 amide bonds. The lowest BCUT2D eigenvalue weighted by Crippen LogP contribution is -2.37. The Labute approximate surface area is 163 Å². The first-order chi connectivity index (χ1) is 12.5.